The molecule has 0 aliphatic rings. The molecule has 0 saturated carbocycles. The van der Waals surface area contributed by atoms with Crippen molar-refractivity contribution in [3.8, 4) is 5.75 Å². The lowest BCUT2D eigenvalue weighted by molar-refractivity contribution is 0.336. The summed E-state index contributed by atoms with van der Waals surface area (Å²) in [6.45, 7) is 5.30. The zero-order valence-corrected chi connectivity index (χ0v) is 12.4. The molecular formula is C15H18ClN3O. The molecule has 0 fully saturated rings. The standard InChI is InChI=1S/C15H18ClN3O/c1-3-20-14-5-4-13(16)8-12(14)6-7-17-15-18-9-11(2)10-19-15/h4-5,8-10H,3,6-7H2,1-2H3,(H,17,18,19). The van der Waals surface area contributed by atoms with E-state index >= 15 is 0 Å². The molecule has 1 heterocycles. The van der Waals surface area contributed by atoms with E-state index in [1.807, 2.05) is 32.0 Å². The lowest BCUT2D eigenvalue weighted by atomic mass is 10.1. The number of hydrogen-bond donors (Lipinski definition) is 1. The molecule has 0 bridgehead atoms. The third-order valence-corrected chi connectivity index (χ3v) is 3.02. The molecule has 0 atom stereocenters. The van der Waals surface area contributed by atoms with E-state index in [9.17, 15) is 0 Å². The van der Waals surface area contributed by atoms with Crippen molar-refractivity contribution in [2.45, 2.75) is 20.3 Å². The van der Waals surface area contributed by atoms with E-state index in [2.05, 4.69) is 15.3 Å². The van der Waals surface area contributed by atoms with Gasteiger partial charge in [-0.3, -0.25) is 0 Å². The second kappa shape index (κ2) is 7.10. The quantitative estimate of drug-likeness (QED) is 0.885. The van der Waals surface area contributed by atoms with Crippen molar-refractivity contribution >= 4 is 17.5 Å². The van der Waals surface area contributed by atoms with E-state index in [1.54, 1.807) is 12.4 Å². The third kappa shape index (κ3) is 4.10. The van der Waals surface area contributed by atoms with Gasteiger partial charge in [0.25, 0.3) is 0 Å². The van der Waals surface area contributed by atoms with Crippen LogP contribution in [-0.4, -0.2) is 23.1 Å². The van der Waals surface area contributed by atoms with Crippen molar-refractivity contribution in [3.05, 3.63) is 46.7 Å². The molecule has 1 aromatic heterocycles. The summed E-state index contributed by atoms with van der Waals surface area (Å²) in [4.78, 5) is 8.41. The Hall–Kier alpha value is -1.81. The van der Waals surface area contributed by atoms with Crippen LogP contribution in [0.5, 0.6) is 5.75 Å². The molecule has 0 aliphatic heterocycles. The fraction of sp³-hybridized carbons (Fsp3) is 0.333. The summed E-state index contributed by atoms with van der Waals surface area (Å²) in [5.41, 5.74) is 2.13. The van der Waals surface area contributed by atoms with Gasteiger partial charge in [-0.05, 0) is 49.6 Å². The van der Waals surface area contributed by atoms with Crippen LogP contribution in [0.15, 0.2) is 30.6 Å². The van der Waals surface area contributed by atoms with Gasteiger partial charge in [0.2, 0.25) is 5.95 Å². The number of ether oxygens (including phenoxy) is 1. The Morgan fingerprint density at radius 3 is 2.70 bits per heavy atom. The van der Waals surface area contributed by atoms with E-state index in [4.69, 9.17) is 16.3 Å². The molecule has 4 nitrogen and oxygen atoms in total. The van der Waals surface area contributed by atoms with Crippen LogP contribution in [0.4, 0.5) is 5.95 Å². The largest absolute Gasteiger partial charge is 0.494 e. The van der Waals surface area contributed by atoms with Gasteiger partial charge in [-0.2, -0.15) is 0 Å². The molecule has 0 amide bonds. The first kappa shape index (κ1) is 14.6. The monoisotopic (exact) mass is 291 g/mol. The van der Waals surface area contributed by atoms with Crippen LogP contribution < -0.4 is 10.1 Å². The van der Waals surface area contributed by atoms with Crippen LogP contribution in [0.1, 0.15) is 18.1 Å². The highest BCUT2D eigenvalue weighted by Gasteiger charge is 2.05. The number of halogens is 1. The highest BCUT2D eigenvalue weighted by Crippen LogP contribution is 2.23. The molecule has 0 radical (unpaired) electrons. The van der Waals surface area contributed by atoms with E-state index in [1.165, 1.54) is 0 Å². The van der Waals surface area contributed by atoms with Gasteiger partial charge < -0.3 is 10.1 Å². The van der Waals surface area contributed by atoms with Crippen LogP contribution in [0, 0.1) is 6.92 Å². The average molecular weight is 292 g/mol. The summed E-state index contributed by atoms with van der Waals surface area (Å²) in [6.07, 6.45) is 4.38. The van der Waals surface area contributed by atoms with Crippen LogP contribution in [0.25, 0.3) is 0 Å². The van der Waals surface area contributed by atoms with Crippen LogP contribution in [0.3, 0.4) is 0 Å². The Kier molecular flexibility index (Phi) is 5.18. The summed E-state index contributed by atoms with van der Waals surface area (Å²) in [5.74, 6) is 1.51. The van der Waals surface area contributed by atoms with Gasteiger partial charge in [-0.25, -0.2) is 9.97 Å². The summed E-state index contributed by atoms with van der Waals surface area (Å²) < 4.78 is 5.59. The number of rotatable bonds is 6. The fourth-order valence-electron chi connectivity index (χ4n) is 1.83. The van der Waals surface area contributed by atoms with Crippen LogP contribution in [0.2, 0.25) is 5.02 Å². The van der Waals surface area contributed by atoms with Crippen molar-refractivity contribution in [2.75, 3.05) is 18.5 Å². The van der Waals surface area contributed by atoms with Gasteiger partial charge in [0, 0.05) is 24.0 Å². The highest BCUT2D eigenvalue weighted by atomic mass is 35.5. The van der Waals surface area contributed by atoms with Crippen molar-refractivity contribution in [1.29, 1.82) is 0 Å². The molecule has 2 aromatic rings. The smallest absolute Gasteiger partial charge is 0.222 e. The van der Waals surface area contributed by atoms with Crippen LogP contribution >= 0.6 is 11.6 Å². The molecule has 1 aromatic carbocycles. The molecule has 2 rings (SSSR count). The van der Waals surface area contributed by atoms with Crippen molar-refractivity contribution in [2.24, 2.45) is 0 Å². The normalized spacial score (nSPS) is 10.3. The summed E-state index contributed by atoms with van der Waals surface area (Å²) in [7, 11) is 0. The van der Waals surface area contributed by atoms with E-state index in [0.717, 1.165) is 34.9 Å². The summed E-state index contributed by atoms with van der Waals surface area (Å²) >= 11 is 6.03. The Labute approximate surface area is 124 Å². The minimum atomic E-state index is 0.635. The molecule has 0 aliphatic carbocycles. The average Bonchev–Trinajstić information content (AvgIpc) is 2.44. The third-order valence-electron chi connectivity index (χ3n) is 2.78. The topological polar surface area (TPSA) is 47.0 Å². The van der Waals surface area contributed by atoms with Gasteiger partial charge in [0.1, 0.15) is 5.75 Å². The number of aromatic nitrogens is 2. The van der Waals surface area contributed by atoms with E-state index in [0.29, 0.717) is 12.6 Å². The van der Waals surface area contributed by atoms with Gasteiger partial charge >= 0.3 is 0 Å². The number of anilines is 1. The van der Waals surface area contributed by atoms with Crippen molar-refractivity contribution in [1.82, 2.24) is 9.97 Å². The first-order valence-corrected chi connectivity index (χ1v) is 7.00. The molecule has 0 unspecified atom stereocenters. The lowest BCUT2D eigenvalue weighted by Crippen LogP contribution is -2.09. The Balaban J connectivity index is 1.96. The molecule has 5 heteroatoms. The van der Waals surface area contributed by atoms with Crippen molar-refractivity contribution in [3.63, 3.8) is 0 Å². The molecule has 0 saturated heterocycles. The SMILES string of the molecule is CCOc1ccc(Cl)cc1CCNc1ncc(C)cn1. The number of nitrogens with one attached hydrogen (secondary N) is 1. The molecule has 106 valence electrons. The Morgan fingerprint density at radius 1 is 1.25 bits per heavy atom. The number of aryl methyl sites for hydroxylation is 1. The minimum Gasteiger partial charge on any atom is -0.494 e. The summed E-state index contributed by atoms with van der Waals surface area (Å²) in [5, 5.41) is 3.91. The highest BCUT2D eigenvalue weighted by molar-refractivity contribution is 6.30. The van der Waals surface area contributed by atoms with Gasteiger partial charge in [0.15, 0.2) is 0 Å². The van der Waals surface area contributed by atoms with Crippen LogP contribution in [-0.2, 0) is 6.42 Å². The minimum absolute atomic E-state index is 0.635. The molecule has 1 N–H and O–H groups in total. The Morgan fingerprint density at radius 2 is 2.00 bits per heavy atom. The number of nitrogens with zero attached hydrogens (tertiary/aromatic N) is 2. The first-order chi connectivity index (χ1) is 9.69. The van der Waals surface area contributed by atoms with Crippen molar-refractivity contribution < 1.29 is 4.74 Å². The van der Waals surface area contributed by atoms with E-state index < -0.39 is 0 Å². The lowest BCUT2D eigenvalue weighted by Gasteiger charge is -2.11. The van der Waals surface area contributed by atoms with Gasteiger partial charge in [0.05, 0.1) is 6.61 Å². The fourth-order valence-corrected chi connectivity index (χ4v) is 2.03. The van der Waals surface area contributed by atoms with Gasteiger partial charge in [-0.15, -0.1) is 0 Å². The zero-order chi connectivity index (χ0) is 14.4. The molecule has 0 spiro atoms. The predicted octanol–water partition coefficient (Wildman–Crippen LogP) is 3.49. The summed E-state index contributed by atoms with van der Waals surface area (Å²) in [6, 6.07) is 5.68. The first-order valence-electron chi connectivity index (χ1n) is 6.62. The predicted molar refractivity (Wildman–Crippen MR) is 81.6 cm³/mol. The second-order valence-corrected chi connectivity index (χ2v) is 4.88. The Bertz CT molecular complexity index is 558. The molecule has 20 heavy (non-hydrogen) atoms. The zero-order valence-electron chi connectivity index (χ0n) is 11.7. The second-order valence-electron chi connectivity index (χ2n) is 4.45. The maximum Gasteiger partial charge on any atom is 0.222 e. The number of hydrogen-bond acceptors (Lipinski definition) is 4. The van der Waals surface area contributed by atoms with Gasteiger partial charge in [-0.1, -0.05) is 11.6 Å². The maximum atomic E-state index is 6.03. The van der Waals surface area contributed by atoms with E-state index in [-0.39, 0.29) is 0 Å². The number of benzene rings is 1. The molecular weight excluding hydrogens is 274 g/mol. The maximum absolute atomic E-state index is 6.03.